The van der Waals surface area contributed by atoms with Gasteiger partial charge in [0.15, 0.2) is 0 Å². The summed E-state index contributed by atoms with van der Waals surface area (Å²) in [5.41, 5.74) is 0.190. The standard InChI is InChI=1S/C21H24ClFN2O5S/c22-15-4-7-18(8-5-15)31(28,29)24-11-10-17-6-9-19(20(13-26)30-17)25-21(27)14-2-1-3-16(23)12-14/h1-5,7-8,12,17,19-20,24,26H,6,9-11,13H2,(H,25,27)/t17-,19-,20+/m1/s1. The number of amides is 1. The van der Waals surface area contributed by atoms with Gasteiger partial charge < -0.3 is 15.2 Å². The predicted octanol–water partition coefficient (Wildman–Crippen LogP) is 2.49. The Hall–Kier alpha value is -2.04. The van der Waals surface area contributed by atoms with Crippen LogP contribution in [0, 0.1) is 5.82 Å². The van der Waals surface area contributed by atoms with Crippen LogP contribution in [0.15, 0.2) is 53.4 Å². The molecule has 1 aliphatic rings. The molecule has 1 heterocycles. The number of hydrogen-bond donors (Lipinski definition) is 3. The van der Waals surface area contributed by atoms with Gasteiger partial charge >= 0.3 is 0 Å². The summed E-state index contributed by atoms with van der Waals surface area (Å²) in [6.45, 7) is -0.144. The minimum Gasteiger partial charge on any atom is -0.394 e. The summed E-state index contributed by atoms with van der Waals surface area (Å²) in [4.78, 5) is 12.5. The molecule has 2 aromatic carbocycles. The zero-order valence-electron chi connectivity index (χ0n) is 16.6. The average molecular weight is 471 g/mol. The number of aliphatic hydroxyl groups excluding tert-OH is 1. The van der Waals surface area contributed by atoms with Gasteiger partial charge in [0.05, 0.1) is 23.6 Å². The first-order valence-electron chi connectivity index (χ1n) is 9.86. The van der Waals surface area contributed by atoms with Crippen LogP contribution < -0.4 is 10.0 Å². The third kappa shape index (κ3) is 6.47. The lowest BCUT2D eigenvalue weighted by atomic mass is 9.97. The van der Waals surface area contributed by atoms with E-state index in [1.807, 2.05) is 0 Å². The van der Waals surface area contributed by atoms with Crippen LogP contribution in [-0.2, 0) is 14.8 Å². The highest BCUT2D eigenvalue weighted by molar-refractivity contribution is 7.89. The van der Waals surface area contributed by atoms with E-state index < -0.39 is 33.9 Å². The highest BCUT2D eigenvalue weighted by Crippen LogP contribution is 2.22. The molecule has 0 saturated carbocycles. The van der Waals surface area contributed by atoms with E-state index in [2.05, 4.69) is 10.0 Å². The molecular formula is C21H24ClFN2O5S. The van der Waals surface area contributed by atoms with E-state index in [1.165, 1.54) is 42.5 Å². The fourth-order valence-electron chi connectivity index (χ4n) is 3.44. The Balaban J connectivity index is 1.50. The molecule has 1 amide bonds. The quantitative estimate of drug-likeness (QED) is 0.549. The summed E-state index contributed by atoms with van der Waals surface area (Å²) in [6, 6.07) is 10.8. The van der Waals surface area contributed by atoms with E-state index in [9.17, 15) is 22.7 Å². The van der Waals surface area contributed by atoms with Gasteiger partial charge in [0, 0.05) is 17.1 Å². The summed E-state index contributed by atoms with van der Waals surface area (Å²) < 4.78 is 46.4. The molecule has 1 saturated heterocycles. The second kappa shape index (κ2) is 10.5. The summed E-state index contributed by atoms with van der Waals surface area (Å²) in [7, 11) is -3.66. The van der Waals surface area contributed by atoms with Crippen molar-refractivity contribution in [2.45, 2.75) is 42.4 Å². The number of ether oxygens (including phenoxy) is 1. The van der Waals surface area contributed by atoms with Crippen LogP contribution in [0.5, 0.6) is 0 Å². The third-order valence-corrected chi connectivity index (χ3v) is 6.81. The molecule has 3 N–H and O–H groups in total. The number of benzene rings is 2. The van der Waals surface area contributed by atoms with Gasteiger partial charge in [-0.25, -0.2) is 17.5 Å². The highest BCUT2D eigenvalue weighted by Gasteiger charge is 2.32. The van der Waals surface area contributed by atoms with Gasteiger partial charge in [0.2, 0.25) is 10.0 Å². The molecule has 0 spiro atoms. The molecule has 0 aromatic heterocycles. The van der Waals surface area contributed by atoms with Crippen LogP contribution in [0.1, 0.15) is 29.6 Å². The molecule has 168 valence electrons. The smallest absolute Gasteiger partial charge is 0.251 e. The second-order valence-electron chi connectivity index (χ2n) is 7.29. The Bertz CT molecular complexity index is 1000. The Morgan fingerprint density at radius 2 is 1.94 bits per heavy atom. The van der Waals surface area contributed by atoms with Crippen LogP contribution >= 0.6 is 11.6 Å². The first-order chi connectivity index (χ1) is 14.8. The molecule has 1 aliphatic heterocycles. The number of rotatable bonds is 8. The van der Waals surface area contributed by atoms with Gasteiger partial charge in [-0.05, 0) is 61.7 Å². The largest absolute Gasteiger partial charge is 0.394 e. The van der Waals surface area contributed by atoms with Crippen LogP contribution in [0.3, 0.4) is 0 Å². The SMILES string of the molecule is O=C(N[C@@H]1CC[C@H](CCNS(=O)(=O)c2ccc(Cl)cc2)O[C@H]1CO)c1cccc(F)c1. The average Bonchev–Trinajstić information content (AvgIpc) is 2.74. The molecule has 0 unspecified atom stereocenters. The van der Waals surface area contributed by atoms with E-state index in [1.54, 1.807) is 0 Å². The first-order valence-corrected chi connectivity index (χ1v) is 11.7. The minimum absolute atomic E-state index is 0.120. The third-order valence-electron chi connectivity index (χ3n) is 5.08. The molecule has 2 aromatic rings. The molecule has 31 heavy (non-hydrogen) atoms. The van der Waals surface area contributed by atoms with E-state index in [4.69, 9.17) is 16.3 Å². The topological polar surface area (TPSA) is 105 Å². The molecule has 0 radical (unpaired) electrons. The van der Waals surface area contributed by atoms with Crippen molar-refractivity contribution in [3.63, 3.8) is 0 Å². The predicted molar refractivity (Wildman–Crippen MR) is 114 cm³/mol. The van der Waals surface area contributed by atoms with Crippen molar-refractivity contribution in [2.75, 3.05) is 13.2 Å². The summed E-state index contributed by atoms with van der Waals surface area (Å²) in [5.74, 6) is -0.951. The zero-order chi connectivity index (χ0) is 22.4. The van der Waals surface area contributed by atoms with Crippen molar-refractivity contribution in [1.29, 1.82) is 0 Å². The molecular weight excluding hydrogens is 447 g/mol. The minimum atomic E-state index is -3.66. The van der Waals surface area contributed by atoms with Crippen molar-refractivity contribution >= 4 is 27.5 Å². The highest BCUT2D eigenvalue weighted by atomic mass is 35.5. The maximum Gasteiger partial charge on any atom is 0.251 e. The van der Waals surface area contributed by atoms with Gasteiger partial charge in [0.1, 0.15) is 11.9 Å². The maximum atomic E-state index is 13.3. The van der Waals surface area contributed by atoms with E-state index in [-0.39, 0.29) is 29.7 Å². The Labute approximate surface area is 185 Å². The summed E-state index contributed by atoms with van der Waals surface area (Å²) >= 11 is 5.78. The number of halogens is 2. The van der Waals surface area contributed by atoms with Crippen LogP contribution in [0.25, 0.3) is 0 Å². The van der Waals surface area contributed by atoms with Crippen molar-refractivity contribution in [3.05, 3.63) is 64.9 Å². The normalized spacial score (nSPS) is 21.6. The van der Waals surface area contributed by atoms with Gasteiger partial charge in [0.25, 0.3) is 5.91 Å². The summed E-state index contributed by atoms with van der Waals surface area (Å²) in [5, 5.41) is 12.9. The summed E-state index contributed by atoms with van der Waals surface area (Å²) in [6.07, 6.45) is 0.624. The Morgan fingerprint density at radius 1 is 1.19 bits per heavy atom. The van der Waals surface area contributed by atoms with E-state index in [0.717, 1.165) is 6.07 Å². The number of carbonyl (C=O) groups is 1. The molecule has 7 nitrogen and oxygen atoms in total. The number of aliphatic hydroxyl groups is 1. The zero-order valence-corrected chi connectivity index (χ0v) is 18.2. The fraction of sp³-hybridized carbons (Fsp3) is 0.381. The monoisotopic (exact) mass is 470 g/mol. The molecule has 10 heteroatoms. The number of carbonyl (C=O) groups excluding carboxylic acids is 1. The lowest BCUT2D eigenvalue weighted by Gasteiger charge is -2.36. The number of hydrogen-bond acceptors (Lipinski definition) is 5. The molecule has 1 fully saturated rings. The van der Waals surface area contributed by atoms with E-state index >= 15 is 0 Å². The van der Waals surface area contributed by atoms with Crippen molar-refractivity contribution in [1.82, 2.24) is 10.0 Å². The molecule has 3 atom stereocenters. The van der Waals surface area contributed by atoms with Crippen molar-refractivity contribution in [3.8, 4) is 0 Å². The maximum absolute atomic E-state index is 13.3. The van der Waals surface area contributed by atoms with Gasteiger partial charge in [-0.1, -0.05) is 17.7 Å². The van der Waals surface area contributed by atoms with Crippen LogP contribution in [0.2, 0.25) is 5.02 Å². The van der Waals surface area contributed by atoms with Crippen molar-refractivity contribution in [2.24, 2.45) is 0 Å². The lowest BCUT2D eigenvalue weighted by Crippen LogP contribution is -2.51. The Morgan fingerprint density at radius 3 is 2.61 bits per heavy atom. The molecule has 0 bridgehead atoms. The van der Waals surface area contributed by atoms with Gasteiger partial charge in [-0.3, -0.25) is 4.79 Å². The second-order valence-corrected chi connectivity index (χ2v) is 9.49. The Kier molecular flexibility index (Phi) is 8.01. The molecule has 0 aliphatic carbocycles. The number of nitrogens with one attached hydrogen (secondary N) is 2. The molecule has 3 rings (SSSR count). The fourth-order valence-corrected chi connectivity index (χ4v) is 4.62. The van der Waals surface area contributed by atoms with Crippen molar-refractivity contribution < 1.29 is 27.4 Å². The van der Waals surface area contributed by atoms with E-state index in [0.29, 0.717) is 24.3 Å². The lowest BCUT2D eigenvalue weighted by molar-refractivity contribution is -0.0891. The van der Waals surface area contributed by atoms with Gasteiger partial charge in [-0.2, -0.15) is 0 Å². The van der Waals surface area contributed by atoms with Crippen LogP contribution in [-0.4, -0.2) is 50.8 Å². The first kappa shape index (κ1) is 23.6. The number of sulfonamides is 1. The van der Waals surface area contributed by atoms with Crippen LogP contribution in [0.4, 0.5) is 4.39 Å². The van der Waals surface area contributed by atoms with Gasteiger partial charge in [-0.15, -0.1) is 0 Å².